The molecule has 2 aromatic carbocycles. The number of imide groups is 1. The van der Waals surface area contributed by atoms with E-state index >= 15 is 0 Å². The van der Waals surface area contributed by atoms with Crippen molar-refractivity contribution >= 4 is 36.1 Å². The molecule has 0 spiro atoms. The van der Waals surface area contributed by atoms with E-state index < -0.39 is 11.9 Å². The number of carbonyl (C=O) groups is 3. The predicted octanol–water partition coefficient (Wildman–Crippen LogP) is 5.61. The van der Waals surface area contributed by atoms with E-state index in [2.05, 4.69) is 34.1 Å². The van der Waals surface area contributed by atoms with E-state index in [9.17, 15) is 18.8 Å². The number of benzene rings is 2. The third-order valence-electron chi connectivity index (χ3n) is 9.20. The summed E-state index contributed by atoms with van der Waals surface area (Å²) in [4.78, 5) is 43.9. The molecule has 6 rings (SSSR count). The number of likely N-dealkylation sites (tertiary alicyclic amines) is 1. The molecule has 0 aliphatic carbocycles. The molecular formula is C37H38FN5O3. The van der Waals surface area contributed by atoms with Gasteiger partial charge in [-0.2, -0.15) is 0 Å². The van der Waals surface area contributed by atoms with Crippen molar-refractivity contribution in [1.29, 1.82) is 5.41 Å². The number of H-pyrrole nitrogens is 1. The lowest BCUT2D eigenvalue weighted by molar-refractivity contribution is -0.136. The fourth-order valence-corrected chi connectivity index (χ4v) is 6.64. The summed E-state index contributed by atoms with van der Waals surface area (Å²) >= 11 is 0. The second-order valence-corrected chi connectivity index (χ2v) is 12.3. The summed E-state index contributed by atoms with van der Waals surface area (Å²) < 4.78 is 14.9. The highest BCUT2D eigenvalue weighted by molar-refractivity contribution is 6.05. The van der Waals surface area contributed by atoms with Crippen molar-refractivity contribution in [3.05, 3.63) is 93.1 Å². The van der Waals surface area contributed by atoms with Crippen LogP contribution in [0.4, 0.5) is 4.39 Å². The van der Waals surface area contributed by atoms with Gasteiger partial charge in [-0.3, -0.25) is 24.6 Å². The molecule has 3 aliphatic heterocycles. The van der Waals surface area contributed by atoms with Crippen LogP contribution < -0.4 is 5.32 Å². The van der Waals surface area contributed by atoms with Crippen LogP contribution in [0.1, 0.15) is 101 Å². The predicted molar refractivity (Wildman–Crippen MR) is 176 cm³/mol. The first-order chi connectivity index (χ1) is 22.3. The van der Waals surface area contributed by atoms with Crippen molar-refractivity contribution < 1.29 is 18.8 Å². The molecule has 0 bridgehead atoms. The Morgan fingerprint density at radius 1 is 1.02 bits per heavy atom. The zero-order valence-corrected chi connectivity index (χ0v) is 26.0. The number of aromatic amines is 1. The van der Waals surface area contributed by atoms with Gasteiger partial charge in [-0.05, 0) is 106 Å². The highest BCUT2D eigenvalue weighted by Gasteiger charge is 2.39. The molecule has 236 valence electrons. The highest BCUT2D eigenvalue weighted by Crippen LogP contribution is 2.31. The van der Waals surface area contributed by atoms with Crippen LogP contribution in [0.15, 0.2) is 42.5 Å². The number of nitrogens with one attached hydrogen (secondary N) is 3. The van der Waals surface area contributed by atoms with Gasteiger partial charge < -0.3 is 15.3 Å². The minimum Gasteiger partial charge on any atom is -0.357 e. The van der Waals surface area contributed by atoms with Crippen molar-refractivity contribution in [2.75, 3.05) is 13.6 Å². The summed E-state index contributed by atoms with van der Waals surface area (Å²) in [5, 5.41) is 10.1. The van der Waals surface area contributed by atoms with Crippen LogP contribution in [0.25, 0.3) is 12.2 Å². The first-order valence-electron chi connectivity index (χ1n) is 16.0. The Bertz CT molecular complexity index is 1780. The van der Waals surface area contributed by atoms with Gasteiger partial charge in [0, 0.05) is 65.3 Å². The summed E-state index contributed by atoms with van der Waals surface area (Å²) in [6.45, 7) is 1.39. The van der Waals surface area contributed by atoms with Crippen LogP contribution in [0.2, 0.25) is 0 Å². The van der Waals surface area contributed by atoms with Gasteiger partial charge in [0.25, 0.3) is 5.91 Å². The molecule has 2 saturated heterocycles. The summed E-state index contributed by atoms with van der Waals surface area (Å²) in [6.07, 6.45) is 11.0. The smallest absolute Gasteiger partial charge is 0.255 e. The van der Waals surface area contributed by atoms with E-state index in [0.717, 1.165) is 72.3 Å². The van der Waals surface area contributed by atoms with Gasteiger partial charge in [-0.15, -0.1) is 0 Å². The Morgan fingerprint density at radius 2 is 1.89 bits per heavy atom. The molecule has 1 aromatic heterocycles. The van der Waals surface area contributed by atoms with Crippen LogP contribution in [-0.4, -0.2) is 58.4 Å². The zero-order chi connectivity index (χ0) is 32.2. The third-order valence-corrected chi connectivity index (χ3v) is 9.20. The molecule has 46 heavy (non-hydrogen) atoms. The minimum absolute atomic E-state index is 0.191. The zero-order valence-electron chi connectivity index (χ0n) is 26.0. The number of amides is 3. The SMILES string of the molecule is CN1CCCC1c1cc(C=N)c(/C=C/c2ccc(CCCCC#Cc3ccc4c(c3)CN(C3CCC(=O)NC3=O)C4=O)cc2F)[nH]1. The summed E-state index contributed by atoms with van der Waals surface area (Å²) in [5.41, 5.74) is 6.40. The molecule has 3 N–H and O–H groups in total. The van der Waals surface area contributed by atoms with Crippen molar-refractivity contribution in [1.82, 2.24) is 20.1 Å². The number of carbonyl (C=O) groups excluding carboxylic acids is 3. The van der Waals surface area contributed by atoms with E-state index in [-0.39, 0.29) is 24.1 Å². The Hall–Kier alpha value is -4.81. The fraction of sp³-hybridized carbons (Fsp3) is 0.351. The maximum atomic E-state index is 14.9. The fourth-order valence-electron chi connectivity index (χ4n) is 6.64. The molecule has 0 saturated carbocycles. The maximum absolute atomic E-state index is 14.9. The molecule has 2 unspecified atom stereocenters. The number of nitrogens with zero attached hydrogens (tertiary/aromatic N) is 2. The number of aromatic nitrogens is 1. The van der Waals surface area contributed by atoms with Crippen molar-refractivity contribution in [3.63, 3.8) is 0 Å². The van der Waals surface area contributed by atoms with Gasteiger partial charge in [-0.25, -0.2) is 4.39 Å². The number of halogens is 1. The minimum atomic E-state index is -0.629. The number of aryl methyl sites for hydroxylation is 1. The Kier molecular flexibility index (Phi) is 9.27. The van der Waals surface area contributed by atoms with Crippen LogP contribution >= 0.6 is 0 Å². The molecular weight excluding hydrogens is 581 g/mol. The van der Waals surface area contributed by atoms with Crippen molar-refractivity contribution in [2.45, 2.75) is 70.0 Å². The molecule has 0 radical (unpaired) electrons. The number of unbranched alkanes of at least 4 members (excludes halogenated alkanes) is 2. The molecule has 3 aromatic rings. The normalized spacial score (nSPS) is 19.8. The number of rotatable bonds is 9. The topological polar surface area (TPSA) is 109 Å². The molecule has 3 aliphatic rings. The van der Waals surface area contributed by atoms with E-state index in [1.165, 1.54) is 11.1 Å². The Morgan fingerprint density at radius 3 is 2.65 bits per heavy atom. The number of piperidine rings is 1. The molecule has 4 heterocycles. The molecule has 3 amide bonds. The van der Waals surface area contributed by atoms with Crippen molar-refractivity contribution in [2.24, 2.45) is 0 Å². The Balaban J connectivity index is 0.985. The molecule has 8 nitrogen and oxygen atoms in total. The third kappa shape index (κ3) is 6.73. The van der Waals surface area contributed by atoms with Crippen LogP contribution in [0, 0.1) is 23.1 Å². The second kappa shape index (κ2) is 13.7. The first-order valence-corrected chi connectivity index (χ1v) is 16.0. The maximum Gasteiger partial charge on any atom is 0.255 e. The lowest BCUT2D eigenvalue weighted by atomic mass is 10.0. The van der Waals surface area contributed by atoms with Crippen LogP contribution in [-0.2, 0) is 22.6 Å². The van der Waals surface area contributed by atoms with Gasteiger partial charge in [-0.1, -0.05) is 24.0 Å². The number of hydrogen-bond acceptors (Lipinski definition) is 5. The van der Waals surface area contributed by atoms with Gasteiger partial charge in [0.05, 0.1) is 0 Å². The average molecular weight is 620 g/mol. The molecule has 2 atom stereocenters. The van der Waals surface area contributed by atoms with E-state index in [1.807, 2.05) is 30.3 Å². The molecule has 9 heteroatoms. The monoisotopic (exact) mass is 619 g/mol. The lowest BCUT2D eigenvalue weighted by Gasteiger charge is -2.29. The average Bonchev–Trinajstić information content (AvgIpc) is 3.74. The van der Waals surface area contributed by atoms with E-state index in [1.54, 1.807) is 24.3 Å². The van der Waals surface area contributed by atoms with Crippen molar-refractivity contribution in [3.8, 4) is 11.8 Å². The van der Waals surface area contributed by atoms with Gasteiger partial charge in [0.15, 0.2) is 0 Å². The summed E-state index contributed by atoms with van der Waals surface area (Å²) in [6, 6.07) is 12.6. The standard InChI is InChI=1S/C37H38FN5O3/c1-42-18-6-9-33(42)32-21-27(22-39)31(40-32)15-13-26-12-10-25(20-30(26)38)8-5-3-2-4-7-24-11-14-29-28(19-24)23-43(37(29)46)34-16-17-35(44)41-36(34)45/h10-15,19-22,33-34,39-40H,2-3,5-6,8-9,16-18,23H2,1H3,(H,41,44,45)/b15-13+,39-22?. The van der Waals surface area contributed by atoms with Gasteiger partial charge in [0.2, 0.25) is 11.8 Å². The quantitative estimate of drug-likeness (QED) is 0.125. The highest BCUT2D eigenvalue weighted by atomic mass is 19.1. The van der Waals surface area contributed by atoms with E-state index in [4.69, 9.17) is 5.41 Å². The van der Waals surface area contributed by atoms with Crippen LogP contribution in [0.5, 0.6) is 0 Å². The number of fused-ring (bicyclic) bond motifs is 1. The largest absolute Gasteiger partial charge is 0.357 e. The first kappa shape index (κ1) is 31.2. The molecule has 2 fully saturated rings. The van der Waals surface area contributed by atoms with Crippen LogP contribution in [0.3, 0.4) is 0 Å². The summed E-state index contributed by atoms with van der Waals surface area (Å²) in [7, 11) is 2.12. The number of hydrogen-bond donors (Lipinski definition) is 3. The van der Waals surface area contributed by atoms with Gasteiger partial charge in [0.1, 0.15) is 11.9 Å². The van der Waals surface area contributed by atoms with E-state index in [0.29, 0.717) is 36.6 Å². The van der Waals surface area contributed by atoms with Gasteiger partial charge >= 0.3 is 0 Å². The summed E-state index contributed by atoms with van der Waals surface area (Å²) in [5.74, 6) is 5.21. The lowest BCUT2D eigenvalue weighted by Crippen LogP contribution is -2.52. The Labute approximate surface area is 268 Å². The second-order valence-electron chi connectivity index (χ2n) is 12.3.